The quantitative estimate of drug-likeness (QED) is 0.316. The molecular formula is C27H56. The van der Waals surface area contributed by atoms with E-state index in [1.807, 2.05) is 0 Å². The van der Waals surface area contributed by atoms with Gasteiger partial charge in [-0.15, -0.1) is 0 Å². The first-order valence-corrected chi connectivity index (χ1v) is 12.2. The van der Waals surface area contributed by atoms with Crippen LogP contribution in [0.1, 0.15) is 110 Å². The summed E-state index contributed by atoms with van der Waals surface area (Å²) in [6.45, 7) is 34.6. The average Bonchev–Trinajstić information content (AvgIpc) is 2.57. The fourth-order valence-corrected chi connectivity index (χ4v) is 5.91. The van der Waals surface area contributed by atoms with Crippen molar-refractivity contribution >= 4 is 0 Å². The van der Waals surface area contributed by atoms with Gasteiger partial charge in [0.2, 0.25) is 0 Å². The summed E-state index contributed by atoms with van der Waals surface area (Å²) in [7, 11) is 0. The lowest BCUT2D eigenvalue weighted by Crippen LogP contribution is -2.37. The summed E-state index contributed by atoms with van der Waals surface area (Å²) < 4.78 is 0. The van der Waals surface area contributed by atoms with Crippen LogP contribution in [-0.4, -0.2) is 0 Å². The van der Waals surface area contributed by atoms with Crippen molar-refractivity contribution in [3.63, 3.8) is 0 Å². The molecule has 0 aliphatic rings. The Kier molecular flexibility index (Phi) is 11.3. The molecule has 0 amide bonds. The lowest BCUT2D eigenvalue weighted by atomic mass is 9.61. The summed E-state index contributed by atoms with van der Waals surface area (Å²) in [5.74, 6) is 7.92. The van der Waals surface area contributed by atoms with Gasteiger partial charge in [0.1, 0.15) is 0 Å². The molecule has 0 rings (SSSR count). The molecule has 0 heteroatoms. The summed E-state index contributed by atoms with van der Waals surface area (Å²) in [4.78, 5) is 0. The van der Waals surface area contributed by atoms with Crippen molar-refractivity contribution < 1.29 is 0 Å². The van der Waals surface area contributed by atoms with E-state index in [2.05, 4.69) is 96.9 Å². The van der Waals surface area contributed by atoms with Gasteiger partial charge < -0.3 is 0 Å². The zero-order valence-corrected chi connectivity index (χ0v) is 21.7. The smallest absolute Gasteiger partial charge is 0.0323 e. The van der Waals surface area contributed by atoms with E-state index in [-0.39, 0.29) is 0 Å². The second-order valence-corrected chi connectivity index (χ2v) is 11.8. The Hall–Kier alpha value is 0. The first-order chi connectivity index (χ1) is 12.2. The highest BCUT2D eigenvalue weighted by Crippen LogP contribution is 2.45. The van der Waals surface area contributed by atoms with E-state index in [1.165, 1.54) is 12.8 Å². The predicted octanol–water partition coefficient (Wildman–Crippen LogP) is 9.19. The van der Waals surface area contributed by atoms with Gasteiger partial charge in [0.25, 0.3) is 0 Å². The molecule has 0 aliphatic carbocycles. The Morgan fingerprint density at radius 3 is 1.33 bits per heavy atom. The van der Waals surface area contributed by atoms with E-state index in [0.717, 1.165) is 59.2 Å². The third-order valence-electron chi connectivity index (χ3n) is 9.30. The monoisotopic (exact) mass is 380 g/mol. The average molecular weight is 381 g/mol. The second-order valence-electron chi connectivity index (χ2n) is 11.8. The van der Waals surface area contributed by atoms with Crippen LogP contribution in [0.3, 0.4) is 0 Å². The summed E-state index contributed by atoms with van der Waals surface area (Å²) in [6.07, 6.45) is 2.67. The van der Waals surface area contributed by atoms with Crippen molar-refractivity contribution in [1.29, 1.82) is 0 Å². The molecule has 0 aromatic heterocycles. The standard InChI is InChI=1S/C27H56/c1-15-26(18(4)5)19(6)16-27(13,14)25(12)24(11)23(10)22(9)21(8)20(7)17(2)3/h17-26H,15-16H2,1-14H3. The van der Waals surface area contributed by atoms with Gasteiger partial charge in [0.15, 0.2) is 0 Å². The van der Waals surface area contributed by atoms with Crippen LogP contribution in [0.4, 0.5) is 0 Å². The van der Waals surface area contributed by atoms with Crippen LogP contribution in [0.15, 0.2) is 0 Å². The van der Waals surface area contributed by atoms with Crippen LogP contribution in [0.2, 0.25) is 0 Å². The minimum Gasteiger partial charge on any atom is -0.0651 e. The van der Waals surface area contributed by atoms with Crippen molar-refractivity contribution in [2.75, 3.05) is 0 Å². The zero-order valence-electron chi connectivity index (χ0n) is 21.7. The highest BCUT2D eigenvalue weighted by molar-refractivity contribution is 4.87. The van der Waals surface area contributed by atoms with Gasteiger partial charge in [0, 0.05) is 0 Å². The highest BCUT2D eigenvalue weighted by Gasteiger charge is 2.38. The van der Waals surface area contributed by atoms with E-state index in [9.17, 15) is 0 Å². The Labute approximate surface area is 174 Å². The van der Waals surface area contributed by atoms with Crippen LogP contribution in [0.25, 0.3) is 0 Å². The Balaban J connectivity index is 5.14. The molecule has 27 heavy (non-hydrogen) atoms. The lowest BCUT2D eigenvalue weighted by molar-refractivity contribution is 0.0498. The van der Waals surface area contributed by atoms with Crippen molar-refractivity contribution in [2.45, 2.75) is 110 Å². The van der Waals surface area contributed by atoms with Gasteiger partial charge in [0.05, 0.1) is 0 Å². The highest BCUT2D eigenvalue weighted by atomic mass is 14.4. The maximum Gasteiger partial charge on any atom is -0.0323 e. The van der Waals surface area contributed by atoms with Gasteiger partial charge >= 0.3 is 0 Å². The lowest BCUT2D eigenvalue weighted by Gasteiger charge is -2.44. The van der Waals surface area contributed by atoms with Crippen molar-refractivity contribution in [3.8, 4) is 0 Å². The van der Waals surface area contributed by atoms with Crippen molar-refractivity contribution in [1.82, 2.24) is 0 Å². The van der Waals surface area contributed by atoms with E-state index in [4.69, 9.17) is 0 Å². The van der Waals surface area contributed by atoms with Gasteiger partial charge in [-0.1, -0.05) is 103 Å². The second kappa shape index (κ2) is 11.3. The van der Waals surface area contributed by atoms with E-state index in [1.54, 1.807) is 0 Å². The van der Waals surface area contributed by atoms with Crippen molar-refractivity contribution in [2.24, 2.45) is 64.6 Å². The summed E-state index contributed by atoms with van der Waals surface area (Å²) in [5, 5.41) is 0. The first kappa shape index (κ1) is 27.0. The molecule has 0 nitrogen and oxygen atoms in total. The maximum absolute atomic E-state index is 2.54. The number of rotatable bonds is 12. The molecule has 0 bridgehead atoms. The summed E-state index contributed by atoms with van der Waals surface area (Å²) in [5.41, 5.74) is 0.405. The Bertz CT molecular complexity index is 391. The number of hydrogen-bond donors (Lipinski definition) is 0. The molecule has 0 saturated carbocycles. The topological polar surface area (TPSA) is 0 Å². The maximum atomic E-state index is 2.54. The number of hydrogen-bond acceptors (Lipinski definition) is 0. The third kappa shape index (κ3) is 7.40. The minimum atomic E-state index is 0.405. The Morgan fingerprint density at radius 2 is 0.963 bits per heavy atom. The SMILES string of the molecule is CCC(C(C)C)C(C)CC(C)(C)C(C)C(C)C(C)C(C)C(C)C(C)C(C)C. The van der Waals surface area contributed by atoms with Crippen LogP contribution in [0.5, 0.6) is 0 Å². The summed E-state index contributed by atoms with van der Waals surface area (Å²) in [6, 6.07) is 0. The Morgan fingerprint density at radius 1 is 0.556 bits per heavy atom. The van der Waals surface area contributed by atoms with Gasteiger partial charge in [-0.25, -0.2) is 0 Å². The molecule has 0 saturated heterocycles. The summed E-state index contributed by atoms with van der Waals surface area (Å²) >= 11 is 0. The molecule has 164 valence electrons. The van der Waals surface area contributed by atoms with E-state index < -0.39 is 0 Å². The largest absolute Gasteiger partial charge is 0.0651 e. The molecule has 0 heterocycles. The fourth-order valence-electron chi connectivity index (χ4n) is 5.91. The van der Waals surface area contributed by atoms with Crippen LogP contribution >= 0.6 is 0 Å². The van der Waals surface area contributed by atoms with Gasteiger partial charge in [-0.3, -0.25) is 0 Å². The molecule has 8 atom stereocenters. The van der Waals surface area contributed by atoms with Crippen LogP contribution in [-0.2, 0) is 0 Å². The zero-order chi connectivity index (χ0) is 21.7. The third-order valence-corrected chi connectivity index (χ3v) is 9.30. The van der Waals surface area contributed by atoms with Crippen molar-refractivity contribution in [3.05, 3.63) is 0 Å². The molecule has 0 aromatic carbocycles. The molecular weight excluding hydrogens is 324 g/mol. The van der Waals surface area contributed by atoms with Gasteiger partial charge in [-0.2, -0.15) is 0 Å². The first-order valence-electron chi connectivity index (χ1n) is 12.2. The molecule has 0 N–H and O–H groups in total. The van der Waals surface area contributed by atoms with E-state index in [0.29, 0.717) is 5.41 Å². The van der Waals surface area contributed by atoms with E-state index >= 15 is 0 Å². The molecule has 0 aromatic rings. The molecule has 0 aliphatic heterocycles. The minimum absolute atomic E-state index is 0.405. The van der Waals surface area contributed by atoms with Gasteiger partial charge in [-0.05, 0) is 71.0 Å². The van der Waals surface area contributed by atoms with Crippen LogP contribution in [0, 0.1) is 64.6 Å². The molecule has 0 radical (unpaired) electrons. The molecule has 0 spiro atoms. The van der Waals surface area contributed by atoms with Crippen LogP contribution < -0.4 is 0 Å². The molecule has 0 fully saturated rings. The predicted molar refractivity (Wildman–Crippen MR) is 126 cm³/mol. The molecule has 8 unspecified atom stereocenters. The normalized spacial score (nSPS) is 22.2. The fraction of sp³-hybridized carbons (Fsp3) is 1.00.